The molecule has 0 aromatic heterocycles. The molecule has 28 heavy (non-hydrogen) atoms. The Morgan fingerprint density at radius 2 is 1.82 bits per heavy atom. The van der Waals surface area contributed by atoms with Crippen LogP contribution >= 0.6 is 0 Å². The van der Waals surface area contributed by atoms with E-state index in [1.165, 1.54) is 23.3 Å². The molecular weight excluding hydrogens is 360 g/mol. The Bertz CT molecular complexity index is 1030. The number of aromatic hydroxyl groups is 2. The third kappa shape index (κ3) is 3.66. The van der Waals surface area contributed by atoms with E-state index in [-0.39, 0.29) is 23.0 Å². The Balaban J connectivity index is 1.71. The lowest BCUT2D eigenvalue weighted by molar-refractivity contribution is -0.114. The Morgan fingerprint density at radius 3 is 2.50 bits per heavy atom. The van der Waals surface area contributed by atoms with Gasteiger partial charge in [-0.2, -0.15) is 10.1 Å². The van der Waals surface area contributed by atoms with Crippen LogP contribution in [0.4, 0.5) is 5.69 Å². The van der Waals surface area contributed by atoms with Crippen molar-refractivity contribution in [1.82, 2.24) is 10.9 Å². The second-order valence-corrected chi connectivity index (χ2v) is 6.43. The quantitative estimate of drug-likeness (QED) is 0.480. The number of hydrogen-bond acceptors (Lipinski definition) is 6. The largest absolute Gasteiger partial charge is 0.508 e. The molecule has 4 N–H and O–H groups in total. The highest BCUT2D eigenvalue weighted by Gasteiger charge is 2.29. The number of anilines is 1. The number of hydrogen-bond donors (Lipinski definition) is 4. The molecule has 2 aromatic rings. The summed E-state index contributed by atoms with van der Waals surface area (Å²) in [5.74, 6) is -1.46. The molecule has 1 aliphatic heterocycles. The summed E-state index contributed by atoms with van der Waals surface area (Å²) in [7, 11) is 0. The number of nitrogens with zero attached hydrogens (tertiary/aromatic N) is 2. The van der Waals surface area contributed by atoms with Crippen LogP contribution in [0.1, 0.15) is 28.4 Å². The number of carbonyl (C=O) groups excluding carboxylic acids is 2. The Morgan fingerprint density at radius 1 is 1.07 bits per heavy atom. The molecule has 0 fully saturated rings. The fraction of sp³-hybridized carbons (Fsp3) is 0.150. The van der Waals surface area contributed by atoms with Crippen molar-refractivity contribution >= 4 is 23.2 Å². The van der Waals surface area contributed by atoms with E-state index >= 15 is 0 Å². The number of hydrazone groups is 1. The summed E-state index contributed by atoms with van der Waals surface area (Å²) < 4.78 is 0. The van der Waals surface area contributed by atoms with Gasteiger partial charge in [0.1, 0.15) is 11.5 Å². The summed E-state index contributed by atoms with van der Waals surface area (Å²) in [6, 6.07) is 9.26. The molecule has 0 saturated carbocycles. The number of aryl methyl sites for hydroxylation is 2. The first-order chi connectivity index (χ1) is 13.3. The normalized spacial score (nSPS) is 15.0. The number of rotatable bonds is 4. The van der Waals surface area contributed by atoms with Gasteiger partial charge in [-0.1, -0.05) is 6.07 Å². The highest BCUT2D eigenvalue weighted by molar-refractivity contribution is 6.29. The highest BCUT2D eigenvalue weighted by atomic mass is 16.3. The first-order valence-electron chi connectivity index (χ1n) is 8.53. The third-order valence-electron chi connectivity index (χ3n) is 4.43. The van der Waals surface area contributed by atoms with E-state index in [2.05, 4.69) is 16.0 Å². The van der Waals surface area contributed by atoms with Crippen molar-refractivity contribution in [2.45, 2.75) is 20.8 Å². The Kier molecular flexibility index (Phi) is 5.04. The van der Waals surface area contributed by atoms with Gasteiger partial charge in [0, 0.05) is 12.3 Å². The van der Waals surface area contributed by atoms with Crippen molar-refractivity contribution in [3.63, 3.8) is 0 Å². The smallest absolute Gasteiger partial charge is 0.282 e. The number of benzene rings is 2. The van der Waals surface area contributed by atoms with Crippen molar-refractivity contribution in [3.8, 4) is 11.5 Å². The molecule has 0 atom stereocenters. The van der Waals surface area contributed by atoms with Crippen molar-refractivity contribution in [2.75, 3.05) is 5.01 Å². The van der Waals surface area contributed by atoms with Gasteiger partial charge in [-0.3, -0.25) is 15.0 Å². The molecule has 8 nitrogen and oxygen atoms in total. The zero-order valence-electron chi connectivity index (χ0n) is 15.6. The van der Waals surface area contributed by atoms with Crippen LogP contribution in [0, 0.1) is 13.8 Å². The molecule has 3 rings (SSSR count). The van der Waals surface area contributed by atoms with Crippen LogP contribution < -0.4 is 15.9 Å². The molecule has 2 amide bonds. The zero-order chi connectivity index (χ0) is 20.4. The summed E-state index contributed by atoms with van der Waals surface area (Å²) in [4.78, 5) is 24.8. The van der Waals surface area contributed by atoms with Crippen LogP contribution in [0.15, 0.2) is 53.3 Å². The number of phenols is 2. The first kappa shape index (κ1) is 19.0. The van der Waals surface area contributed by atoms with Crippen LogP contribution in [0.25, 0.3) is 0 Å². The average molecular weight is 380 g/mol. The maximum absolute atomic E-state index is 12.7. The lowest BCUT2D eigenvalue weighted by Gasteiger charge is -2.13. The van der Waals surface area contributed by atoms with Crippen molar-refractivity contribution < 1.29 is 19.8 Å². The van der Waals surface area contributed by atoms with Crippen LogP contribution in [-0.2, 0) is 4.79 Å². The van der Waals surface area contributed by atoms with Crippen molar-refractivity contribution in [1.29, 1.82) is 0 Å². The van der Waals surface area contributed by atoms with Gasteiger partial charge in [-0.25, -0.2) is 0 Å². The summed E-state index contributed by atoms with van der Waals surface area (Å²) in [5.41, 5.74) is 8.53. The number of hydrazine groups is 1. The lowest BCUT2D eigenvalue weighted by atomic mass is 10.1. The molecule has 0 aliphatic carbocycles. The van der Waals surface area contributed by atoms with Gasteiger partial charge in [0.25, 0.3) is 11.8 Å². The molecule has 0 unspecified atom stereocenters. The number of amides is 2. The van der Waals surface area contributed by atoms with Gasteiger partial charge in [0.15, 0.2) is 0 Å². The molecule has 0 radical (unpaired) electrons. The van der Waals surface area contributed by atoms with Crippen LogP contribution in [0.3, 0.4) is 0 Å². The second kappa shape index (κ2) is 7.43. The SMILES string of the molecule is CC1=NN(c2ccc(C)c(C)c2)C(=O)C1=CNNC(=O)c1ccc(O)cc1O. The predicted octanol–water partition coefficient (Wildman–Crippen LogP) is 2.26. The van der Waals surface area contributed by atoms with Gasteiger partial charge in [0.05, 0.1) is 22.5 Å². The molecule has 1 aliphatic rings. The molecule has 2 aromatic carbocycles. The van der Waals surface area contributed by atoms with E-state index in [0.29, 0.717) is 17.0 Å². The maximum Gasteiger partial charge on any atom is 0.282 e. The van der Waals surface area contributed by atoms with E-state index < -0.39 is 5.91 Å². The summed E-state index contributed by atoms with van der Waals surface area (Å²) in [6.45, 7) is 5.64. The summed E-state index contributed by atoms with van der Waals surface area (Å²) >= 11 is 0. The number of nitrogens with one attached hydrogen (secondary N) is 2. The zero-order valence-corrected chi connectivity index (χ0v) is 15.6. The third-order valence-corrected chi connectivity index (χ3v) is 4.43. The molecule has 0 saturated heterocycles. The van der Waals surface area contributed by atoms with E-state index in [1.54, 1.807) is 6.92 Å². The standard InChI is InChI=1S/C20H20N4O4/c1-11-4-5-14(8-12(11)2)24-20(28)17(13(3)23-24)10-21-22-19(27)16-7-6-15(25)9-18(16)26/h4-10,21,25-26H,1-3H3,(H,22,27). The lowest BCUT2D eigenvalue weighted by Crippen LogP contribution is -2.34. The van der Waals surface area contributed by atoms with Crippen LogP contribution in [0.2, 0.25) is 0 Å². The van der Waals surface area contributed by atoms with Gasteiger partial charge in [-0.05, 0) is 56.2 Å². The monoisotopic (exact) mass is 380 g/mol. The maximum atomic E-state index is 12.7. The topological polar surface area (TPSA) is 114 Å². The predicted molar refractivity (Wildman–Crippen MR) is 105 cm³/mol. The number of phenolic OH excluding ortho intramolecular Hbond substituents is 2. The first-order valence-corrected chi connectivity index (χ1v) is 8.53. The Hall–Kier alpha value is -3.81. The van der Waals surface area contributed by atoms with Crippen molar-refractivity contribution in [2.24, 2.45) is 5.10 Å². The minimum Gasteiger partial charge on any atom is -0.508 e. The van der Waals surface area contributed by atoms with E-state index in [0.717, 1.165) is 17.2 Å². The van der Waals surface area contributed by atoms with E-state index in [4.69, 9.17) is 0 Å². The van der Waals surface area contributed by atoms with E-state index in [9.17, 15) is 19.8 Å². The molecular formula is C20H20N4O4. The molecule has 0 bridgehead atoms. The molecule has 8 heteroatoms. The minimum absolute atomic E-state index is 0.0244. The van der Waals surface area contributed by atoms with Crippen LogP contribution in [-0.4, -0.2) is 27.7 Å². The average Bonchev–Trinajstić information content (AvgIpc) is 2.92. The van der Waals surface area contributed by atoms with Gasteiger partial charge in [-0.15, -0.1) is 0 Å². The number of carbonyl (C=O) groups is 2. The van der Waals surface area contributed by atoms with Gasteiger partial charge >= 0.3 is 0 Å². The minimum atomic E-state index is -0.625. The summed E-state index contributed by atoms with van der Waals surface area (Å²) in [5, 5.41) is 24.6. The van der Waals surface area contributed by atoms with E-state index in [1.807, 2.05) is 32.0 Å². The Labute approximate surface area is 161 Å². The van der Waals surface area contributed by atoms with Crippen molar-refractivity contribution in [3.05, 3.63) is 64.9 Å². The van der Waals surface area contributed by atoms with Crippen LogP contribution in [0.5, 0.6) is 11.5 Å². The van der Waals surface area contributed by atoms with Gasteiger partial charge in [0.2, 0.25) is 0 Å². The highest BCUT2D eigenvalue weighted by Crippen LogP contribution is 2.25. The fourth-order valence-corrected chi connectivity index (χ4v) is 2.67. The fourth-order valence-electron chi connectivity index (χ4n) is 2.67. The van der Waals surface area contributed by atoms with Gasteiger partial charge < -0.3 is 15.6 Å². The molecule has 1 heterocycles. The molecule has 144 valence electrons. The molecule has 0 spiro atoms. The summed E-state index contributed by atoms with van der Waals surface area (Å²) in [6.07, 6.45) is 1.34. The second-order valence-electron chi connectivity index (χ2n) is 6.43.